The van der Waals surface area contributed by atoms with E-state index in [4.69, 9.17) is 9.47 Å². The van der Waals surface area contributed by atoms with Crippen LogP contribution in [0.1, 0.15) is 18.4 Å². The lowest BCUT2D eigenvalue weighted by atomic mass is 10.0. The van der Waals surface area contributed by atoms with Gasteiger partial charge in [-0.25, -0.2) is 4.79 Å². The number of nitrogens with zero attached hydrogens (tertiary/aromatic N) is 4. The van der Waals surface area contributed by atoms with Crippen molar-refractivity contribution in [2.75, 3.05) is 40.3 Å². The van der Waals surface area contributed by atoms with Crippen LogP contribution in [0.15, 0.2) is 42.2 Å². The van der Waals surface area contributed by atoms with Gasteiger partial charge in [-0.2, -0.15) is 0 Å². The molecular formula is C20H26N4O4. The summed E-state index contributed by atoms with van der Waals surface area (Å²) in [6.45, 7) is 3.26. The Morgan fingerprint density at radius 2 is 1.89 bits per heavy atom. The molecule has 0 unspecified atom stereocenters. The number of fused-ring (bicyclic) bond motifs is 1. The molecular weight excluding hydrogens is 360 g/mol. The standard InChI is InChI=1S/C20H26N4O4/c1-27-15-21-11-18-19(25)24(14-23(18)13-21)17-7-9-22(10-8-17)20(26)28-12-16-5-3-2-4-6-16/h2-6,11,17H,7-10,12-15H2,1H3. The molecule has 0 spiro atoms. The van der Waals surface area contributed by atoms with E-state index in [0.29, 0.717) is 33.2 Å². The molecule has 0 saturated carbocycles. The van der Waals surface area contributed by atoms with E-state index < -0.39 is 0 Å². The van der Waals surface area contributed by atoms with Crippen LogP contribution in [0.3, 0.4) is 0 Å². The summed E-state index contributed by atoms with van der Waals surface area (Å²) in [5, 5.41) is 0. The number of amides is 2. The summed E-state index contributed by atoms with van der Waals surface area (Å²) < 4.78 is 10.5. The lowest BCUT2D eigenvalue weighted by Crippen LogP contribution is -2.48. The first-order chi connectivity index (χ1) is 13.7. The van der Waals surface area contributed by atoms with Crippen LogP contribution in [0.25, 0.3) is 0 Å². The molecule has 8 heteroatoms. The van der Waals surface area contributed by atoms with E-state index in [9.17, 15) is 9.59 Å². The lowest BCUT2D eigenvalue weighted by Gasteiger charge is -2.36. The number of ether oxygens (including phenoxy) is 2. The van der Waals surface area contributed by atoms with Crippen LogP contribution in [-0.4, -0.2) is 77.9 Å². The van der Waals surface area contributed by atoms with Gasteiger partial charge in [-0.3, -0.25) is 4.79 Å². The number of carbonyl (C=O) groups is 2. The Morgan fingerprint density at radius 3 is 2.57 bits per heavy atom. The van der Waals surface area contributed by atoms with Gasteiger partial charge in [0.05, 0.1) is 13.3 Å². The fourth-order valence-corrected chi connectivity index (χ4v) is 3.99. The van der Waals surface area contributed by atoms with E-state index in [0.717, 1.165) is 24.1 Å². The molecule has 8 nitrogen and oxygen atoms in total. The number of carbonyl (C=O) groups excluding carboxylic acids is 2. The number of benzene rings is 1. The summed E-state index contributed by atoms with van der Waals surface area (Å²) in [6, 6.07) is 9.83. The predicted octanol–water partition coefficient (Wildman–Crippen LogP) is 1.61. The SMILES string of the molecule is COCN1C=C2C(=O)N(C3CCN(C(=O)OCc4ccccc4)CC3)CN2C1. The van der Waals surface area contributed by atoms with Gasteiger partial charge in [-0.1, -0.05) is 30.3 Å². The van der Waals surface area contributed by atoms with Crippen molar-refractivity contribution in [3.05, 3.63) is 47.8 Å². The molecule has 0 N–H and O–H groups in total. The molecule has 3 aliphatic rings. The Hall–Kier alpha value is -2.74. The fraction of sp³-hybridized carbons (Fsp3) is 0.500. The van der Waals surface area contributed by atoms with Crippen molar-refractivity contribution >= 4 is 12.0 Å². The van der Waals surface area contributed by atoms with Crippen molar-refractivity contribution in [3.8, 4) is 0 Å². The number of methoxy groups -OCH3 is 1. The molecule has 2 saturated heterocycles. The number of likely N-dealkylation sites (tertiary alicyclic amines) is 1. The summed E-state index contributed by atoms with van der Waals surface area (Å²) in [4.78, 5) is 32.8. The number of piperidine rings is 1. The minimum atomic E-state index is -0.284. The Morgan fingerprint density at radius 1 is 1.14 bits per heavy atom. The quantitative estimate of drug-likeness (QED) is 0.766. The van der Waals surface area contributed by atoms with Crippen molar-refractivity contribution in [1.29, 1.82) is 0 Å². The minimum absolute atomic E-state index is 0.0729. The molecule has 4 rings (SSSR count). The van der Waals surface area contributed by atoms with E-state index in [1.807, 2.05) is 46.3 Å². The Labute approximate surface area is 164 Å². The highest BCUT2D eigenvalue weighted by Gasteiger charge is 2.41. The summed E-state index contributed by atoms with van der Waals surface area (Å²) in [6.07, 6.45) is 3.14. The van der Waals surface area contributed by atoms with Crippen molar-refractivity contribution in [1.82, 2.24) is 19.6 Å². The average molecular weight is 386 g/mol. The summed E-state index contributed by atoms with van der Waals surface area (Å²) >= 11 is 0. The second kappa shape index (κ2) is 8.10. The van der Waals surface area contributed by atoms with Crippen LogP contribution in [0.4, 0.5) is 4.79 Å². The molecule has 2 fully saturated rings. The molecule has 0 bridgehead atoms. The van der Waals surface area contributed by atoms with E-state index in [2.05, 4.69) is 4.90 Å². The number of hydrogen-bond acceptors (Lipinski definition) is 6. The van der Waals surface area contributed by atoms with Crippen molar-refractivity contribution < 1.29 is 19.1 Å². The van der Waals surface area contributed by atoms with E-state index >= 15 is 0 Å². The van der Waals surface area contributed by atoms with Gasteiger partial charge in [0.2, 0.25) is 0 Å². The van der Waals surface area contributed by atoms with Crippen molar-refractivity contribution in [2.24, 2.45) is 0 Å². The van der Waals surface area contributed by atoms with Crippen LogP contribution in [0.5, 0.6) is 0 Å². The average Bonchev–Trinajstić information content (AvgIpc) is 3.26. The first-order valence-corrected chi connectivity index (χ1v) is 9.62. The maximum absolute atomic E-state index is 12.8. The minimum Gasteiger partial charge on any atom is -0.445 e. The third-order valence-electron chi connectivity index (χ3n) is 5.46. The molecule has 0 aromatic heterocycles. The number of rotatable bonds is 5. The number of hydrogen-bond donors (Lipinski definition) is 0. The highest BCUT2D eigenvalue weighted by Crippen LogP contribution is 2.29. The van der Waals surface area contributed by atoms with Gasteiger partial charge >= 0.3 is 6.09 Å². The Bertz CT molecular complexity index is 746. The zero-order valence-corrected chi connectivity index (χ0v) is 16.1. The molecule has 1 aromatic rings. The first kappa shape index (κ1) is 18.6. The van der Waals surface area contributed by atoms with Gasteiger partial charge in [0.1, 0.15) is 19.0 Å². The van der Waals surface area contributed by atoms with Crippen LogP contribution in [-0.2, 0) is 20.9 Å². The molecule has 0 atom stereocenters. The monoisotopic (exact) mass is 386 g/mol. The van der Waals surface area contributed by atoms with Gasteiger partial charge in [-0.15, -0.1) is 0 Å². The second-order valence-corrected chi connectivity index (χ2v) is 7.38. The second-order valence-electron chi connectivity index (χ2n) is 7.38. The third-order valence-corrected chi connectivity index (χ3v) is 5.46. The van der Waals surface area contributed by atoms with Gasteiger partial charge < -0.3 is 29.1 Å². The van der Waals surface area contributed by atoms with Gasteiger partial charge in [0, 0.05) is 32.4 Å². The van der Waals surface area contributed by atoms with E-state index in [-0.39, 0.29) is 24.6 Å². The highest BCUT2D eigenvalue weighted by molar-refractivity contribution is 5.95. The molecule has 28 heavy (non-hydrogen) atoms. The van der Waals surface area contributed by atoms with Gasteiger partial charge in [0.15, 0.2) is 0 Å². The molecule has 1 aromatic carbocycles. The molecule has 2 amide bonds. The highest BCUT2D eigenvalue weighted by atomic mass is 16.6. The fourth-order valence-electron chi connectivity index (χ4n) is 3.99. The molecule has 0 aliphatic carbocycles. The normalized spacial score (nSPS) is 19.9. The molecule has 3 aliphatic heterocycles. The van der Waals surface area contributed by atoms with E-state index in [1.165, 1.54) is 0 Å². The van der Waals surface area contributed by atoms with Crippen molar-refractivity contribution in [3.63, 3.8) is 0 Å². The van der Waals surface area contributed by atoms with Crippen LogP contribution in [0, 0.1) is 0 Å². The third kappa shape index (κ3) is 3.77. The topological polar surface area (TPSA) is 65.6 Å². The predicted molar refractivity (Wildman–Crippen MR) is 101 cm³/mol. The van der Waals surface area contributed by atoms with Crippen LogP contribution >= 0.6 is 0 Å². The van der Waals surface area contributed by atoms with Gasteiger partial charge in [-0.05, 0) is 18.4 Å². The smallest absolute Gasteiger partial charge is 0.410 e. The summed E-state index contributed by atoms with van der Waals surface area (Å²) in [5.74, 6) is 0.0729. The van der Waals surface area contributed by atoms with Crippen LogP contribution in [0.2, 0.25) is 0 Å². The zero-order valence-electron chi connectivity index (χ0n) is 16.1. The molecule has 0 radical (unpaired) electrons. The first-order valence-electron chi connectivity index (χ1n) is 9.62. The summed E-state index contributed by atoms with van der Waals surface area (Å²) in [5.41, 5.74) is 1.71. The summed E-state index contributed by atoms with van der Waals surface area (Å²) in [7, 11) is 1.65. The maximum Gasteiger partial charge on any atom is 0.410 e. The molecule has 3 heterocycles. The van der Waals surface area contributed by atoms with E-state index in [1.54, 1.807) is 12.0 Å². The van der Waals surface area contributed by atoms with Crippen LogP contribution < -0.4 is 0 Å². The maximum atomic E-state index is 12.8. The lowest BCUT2D eigenvalue weighted by molar-refractivity contribution is -0.127. The largest absolute Gasteiger partial charge is 0.445 e. The molecule has 150 valence electrons. The Kier molecular flexibility index (Phi) is 5.38. The van der Waals surface area contributed by atoms with Crippen molar-refractivity contribution in [2.45, 2.75) is 25.5 Å². The zero-order chi connectivity index (χ0) is 19.5. The Balaban J connectivity index is 1.26. The van der Waals surface area contributed by atoms with Gasteiger partial charge in [0.25, 0.3) is 5.91 Å².